The average Bonchev–Trinajstić information content (AvgIpc) is 2.81. The van der Waals surface area contributed by atoms with E-state index in [1.54, 1.807) is 30.3 Å². The maximum atomic E-state index is 13.3. The zero-order valence-electron chi connectivity index (χ0n) is 12.2. The van der Waals surface area contributed by atoms with E-state index in [2.05, 4.69) is 10.6 Å². The normalized spacial score (nSPS) is 14.0. The molecule has 0 bridgehead atoms. The molecule has 6 heteroatoms. The lowest BCUT2D eigenvalue weighted by atomic mass is 10.0. The maximum Gasteiger partial charge on any atom is 0.275 e. The van der Waals surface area contributed by atoms with Crippen LogP contribution in [0.25, 0.3) is 5.57 Å². The Morgan fingerprint density at radius 3 is 2.57 bits per heavy atom. The van der Waals surface area contributed by atoms with Gasteiger partial charge in [0, 0.05) is 11.3 Å². The molecule has 1 aliphatic rings. The van der Waals surface area contributed by atoms with Crippen LogP contribution in [-0.2, 0) is 9.59 Å². The summed E-state index contributed by atoms with van der Waals surface area (Å²) in [5, 5.41) is 5.05. The minimum Gasteiger partial charge on any atom is -0.496 e. The number of amides is 2. The van der Waals surface area contributed by atoms with Crippen molar-refractivity contribution in [3.63, 3.8) is 0 Å². The van der Waals surface area contributed by atoms with Crippen LogP contribution in [0.2, 0.25) is 0 Å². The number of nitrogens with one attached hydrogen (secondary N) is 2. The number of carbonyl (C=O) groups is 2. The quantitative estimate of drug-likeness (QED) is 0.850. The molecule has 0 atom stereocenters. The minimum absolute atomic E-state index is 0.0603. The fourth-order valence-electron chi connectivity index (χ4n) is 2.39. The van der Waals surface area contributed by atoms with Crippen molar-refractivity contribution in [3.8, 4) is 5.75 Å². The van der Waals surface area contributed by atoms with Gasteiger partial charge in [-0.25, -0.2) is 4.39 Å². The Labute approximate surface area is 131 Å². The van der Waals surface area contributed by atoms with Gasteiger partial charge in [0.15, 0.2) is 0 Å². The zero-order valence-corrected chi connectivity index (χ0v) is 12.2. The number of hydrogen-bond acceptors (Lipinski definition) is 4. The maximum absolute atomic E-state index is 13.3. The molecule has 0 aromatic heterocycles. The van der Waals surface area contributed by atoms with Gasteiger partial charge >= 0.3 is 0 Å². The van der Waals surface area contributed by atoms with E-state index in [1.807, 2.05) is 0 Å². The third-order valence-corrected chi connectivity index (χ3v) is 3.40. The number of hydrogen-bond donors (Lipinski definition) is 2. The fourth-order valence-corrected chi connectivity index (χ4v) is 2.39. The van der Waals surface area contributed by atoms with Crippen molar-refractivity contribution in [1.29, 1.82) is 0 Å². The molecule has 0 aliphatic carbocycles. The van der Waals surface area contributed by atoms with E-state index in [0.29, 0.717) is 17.0 Å². The lowest BCUT2D eigenvalue weighted by molar-refractivity contribution is -0.123. The van der Waals surface area contributed by atoms with Gasteiger partial charge in [-0.3, -0.25) is 14.9 Å². The molecule has 0 fully saturated rings. The van der Waals surface area contributed by atoms with E-state index in [0.717, 1.165) is 0 Å². The number of halogens is 1. The van der Waals surface area contributed by atoms with Gasteiger partial charge in [0.25, 0.3) is 11.8 Å². The van der Waals surface area contributed by atoms with Crippen LogP contribution in [0.4, 0.5) is 10.1 Å². The highest BCUT2D eigenvalue weighted by molar-refractivity contribution is 6.37. The first-order valence-electron chi connectivity index (χ1n) is 6.86. The molecule has 0 saturated heterocycles. The van der Waals surface area contributed by atoms with E-state index in [4.69, 9.17) is 4.74 Å². The fraction of sp³-hybridized carbons (Fsp3) is 0.0588. The van der Waals surface area contributed by atoms with Gasteiger partial charge < -0.3 is 10.1 Å². The summed E-state index contributed by atoms with van der Waals surface area (Å²) in [6, 6.07) is 12.5. The number of carbonyl (C=O) groups excluding carboxylic acids is 2. The molecule has 0 unspecified atom stereocenters. The van der Waals surface area contributed by atoms with Crippen molar-refractivity contribution < 1.29 is 18.7 Å². The molecule has 2 aromatic carbocycles. The van der Waals surface area contributed by atoms with Gasteiger partial charge in [-0.1, -0.05) is 24.3 Å². The Bertz CT molecular complexity index is 830. The van der Waals surface area contributed by atoms with Gasteiger partial charge in [0.1, 0.15) is 17.3 Å². The van der Waals surface area contributed by atoms with Gasteiger partial charge in [0.05, 0.1) is 12.7 Å². The Kier molecular flexibility index (Phi) is 3.80. The van der Waals surface area contributed by atoms with Crippen molar-refractivity contribution in [2.24, 2.45) is 0 Å². The van der Waals surface area contributed by atoms with Crippen molar-refractivity contribution in [2.75, 3.05) is 12.4 Å². The number of rotatable bonds is 4. The highest BCUT2D eigenvalue weighted by atomic mass is 19.1. The highest BCUT2D eigenvalue weighted by Gasteiger charge is 2.33. The van der Waals surface area contributed by atoms with Crippen molar-refractivity contribution in [3.05, 3.63) is 65.6 Å². The molecule has 5 nitrogen and oxygen atoms in total. The standard InChI is InChI=1S/C17H13FN2O3/c1-23-13-8-3-2-7-12(13)14-15(17(22)20-16(14)21)19-11-6-4-5-10(18)9-11/h2-9H,1H3,(H2,19,20,21,22). The van der Waals surface area contributed by atoms with E-state index < -0.39 is 17.6 Å². The van der Waals surface area contributed by atoms with Crippen LogP contribution in [0.5, 0.6) is 5.75 Å². The van der Waals surface area contributed by atoms with Crippen molar-refractivity contribution in [1.82, 2.24) is 5.32 Å². The van der Waals surface area contributed by atoms with E-state index in [9.17, 15) is 14.0 Å². The van der Waals surface area contributed by atoms with Crippen LogP contribution in [0, 0.1) is 5.82 Å². The van der Waals surface area contributed by atoms with E-state index in [-0.39, 0.29) is 11.3 Å². The Hall–Kier alpha value is -3.15. The second-order valence-electron chi connectivity index (χ2n) is 4.87. The highest BCUT2D eigenvalue weighted by Crippen LogP contribution is 2.31. The lowest BCUT2D eigenvalue weighted by Gasteiger charge is -2.10. The molecule has 0 radical (unpaired) electrons. The first-order chi connectivity index (χ1) is 11.1. The van der Waals surface area contributed by atoms with Crippen molar-refractivity contribution >= 4 is 23.1 Å². The zero-order chi connectivity index (χ0) is 16.4. The van der Waals surface area contributed by atoms with Crippen LogP contribution >= 0.6 is 0 Å². The first kappa shape index (κ1) is 14.8. The molecule has 1 aliphatic heterocycles. The van der Waals surface area contributed by atoms with Crippen molar-refractivity contribution in [2.45, 2.75) is 0 Å². The molecule has 2 aromatic rings. The number of imide groups is 1. The second kappa shape index (κ2) is 5.92. The number of ether oxygens (including phenoxy) is 1. The van der Waals surface area contributed by atoms with E-state index in [1.165, 1.54) is 25.3 Å². The van der Waals surface area contributed by atoms with Crippen LogP contribution < -0.4 is 15.4 Å². The second-order valence-corrected chi connectivity index (χ2v) is 4.87. The smallest absolute Gasteiger partial charge is 0.275 e. The Morgan fingerprint density at radius 2 is 1.83 bits per heavy atom. The van der Waals surface area contributed by atoms with Gasteiger partial charge in [-0.05, 0) is 24.3 Å². The summed E-state index contributed by atoms with van der Waals surface area (Å²) < 4.78 is 18.6. The molecular weight excluding hydrogens is 299 g/mol. The SMILES string of the molecule is COc1ccccc1C1=C(Nc2cccc(F)c2)C(=O)NC1=O. The van der Waals surface area contributed by atoms with Crippen LogP contribution in [0.3, 0.4) is 0 Å². The molecule has 0 saturated carbocycles. The van der Waals surface area contributed by atoms with Gasteiger partial charge in [0.2, 0.25) is 0 Å². The molecule has 1 heterocycles. The number of methoxy groups -OCH3 is 1. The lowest BCUT2D eigenvalue weighted by Crippen LogP contribution is -2.24. The molecule has 3 rings (SSSR count). The van der Waals surface area contributed by atoms with E-state index >= 15 is 0 Å². The summed E-state index contributed by atoms with van der Waals surface area (Å²) in [6.07, 6.45) is 0. The number of anilines is 1. The Morgan fingerprint density at radius 1 is 1.04 bits per heavy atom. The molecule has 2 N–H and O–H groups in total. The summed E-state index contributed by atoms with van der Waals surface area (Å²) in [6.45, 7) is 0. The predicted octanol–water partition coefficient (Wildman–Crippen LogP) is 2.31. The predicted molar refractivity (Wildman–Crippen MR) is 83.1 cm³/mol. The number of benzene rings is 2. The monoisotopic (exact) mass is 312 g/mol. The minimum atomic E-state index is -0.569. The number of para-hydroxylation sites is 1. The summed E-state index contributed by atoms with van der Waals surface area (Å²) in [5.41, 5.74) is 1.08. The third-order valence-electron chi connectivity index (χ3n) is 3.40. The summed E-state index contributed by atoms with van der Waals surface area (Å²) in [5.74, 6) is -1.08. The molecule has 116 valence electrons. The molecule has 2 amide bonds. The van der Waals surface area contributed by atoms with Crippen LogP contribution in [0.15, 0.2) is 54.2 Å². The summed E-state index contributed by atoms with van der Waals surface area (Å²) >= 11 is 0. The van der Waals surface area contributed by atoms with Gasteiger partial charge in [-0.15, -0.1) is 0 Å². The Balaban J connectivity index is 2.10. The molecule has 23 heavy (non-hydrogen) atoms. The summed E-state index contributed by atoms with van der Waals surface area (Å²) in [7, 11) is 1.48. The van der Waals surface area contributed by atoms with Crippen LogP contribution in [0.1, 0.15) is 5.56 Å². The third kappa shape index (κ3) is 2.78. The largest absolute Gasteiger partial charge is 0.496 e. The average molecular weight is 312 g/mol. The topological polar surface area (TPSA) is 67.4 Å². The molecular formula is C17H13FN2O3. The van der Waals surface area contributed by atoms with Gasteiger partial charge in [-0.2, -0.15) is 0 Å². The molecule has 0 spiro atoms. The first-order valence-corrected chi connectivity index (χ1v) is 6.86. The summed E-state index contributed by atoms with van der Waals surface area (Å²) in [4.78, 5) is 24.2. The van der Waals surface area contributed by atoms with Crippen LogP contribution in [-0.4, -0.2) is 18.9 Å².